The smallest absolute Gasteiger partial charge is 0.448 e. The molecule has 0 fully saturated rings. The van der Waals surface area contributed by atoms with E-state index in [1.165, 1.54) is 18.2 Å². The molecule has 0 radical (unpaired) electrons. The first-order valence-electron chi connectivity index (χ1n) is 10.3. The van der Waals surface area contributed by atoms with E-state index < -0.39 is 18.8 Å². The molecule has 2 N–H and O–H groups in total. The van der Waals surface area contributed by atoms with Gasteiger partial charge in [-0.3, -0.25) is 15.1 Å². The summed E-state index contributed by atoms with van der Waals surface area (Å²) in [6.45, 7) is 11.2. The fourth-order valence-corrected chi connectivity index (χ4v) is 5.49. The summed E-state index contributed by atoms with van der Waals surface area (Å²) in [7, 11) is -3.79. The van der Waals surface area contributed by atoms with Crippen molar-refractivity contribution < 1.29 is 28.8 Å². The van der Waals surface area contributed by atoms with Crippen molar-refractivity contribution in [2.45, 2.75) is 41.5 Å². The van der Waals surface area contributed by atoms with E-state index in [2.05, 4.69) is 4.98 Å². The standard InChI is InChI=1S/C22H29N2O7P/c1-13(2)11-30-32(29,31-12-14(3)4)21-16(6)23-15(5)19(22(25)26)20(21)17-8-7-9-18(10-17)24(27)28/h7-10,13-14,29H,11-12H2,1-6H3/p+1. The molecule has 10 heteroatoms. The summed E-state index contributed by atoms with van der Waals surface area (Å²) < 4.78 is 11.8. The molecule has 0 saturated carbocycles. The van der Waals surface area contributed by atoms with Gasteiger partial charge in [-0.05, 0) is 31.2 Å². The third-order valence-corrected chi connectivity index (χ3v) is 6.64. The highest BCUT2D eigenvalue weighted by Gasteiger charge is 2.50. The van der Waals surface area contributed by atoms with Crippen LogP contribution in [0, 0.1) is 35.8 Å². The van der Waals surface area contributed by atoms with Gasteiger partial charge in [0.25, 0.3) is 5.69 Å². The maximum atomic E-state index is 12.2. The molecule has 2 aromatic rings. The van der Waals surface area contributed by atoms with Gasteiger partial charge in [0.2, 0.25) is 5.30 Å². The van der Waals surface area contributed by atoms with Gasteiger partial charge in [0.15, 0.2) is 0 Å². The Morgan fingerprint density at radius 3 is 2.16 bits per heavy atom. The summed E-state index contributed by atoms with van der Waals surface area (Å²) >= 11 is 0. The number of aryl methyl sites for hydroxylation is 2. The van der Waals surface area contributed by atoms with E-state index in [1.54, 1.807) is 19.9 Å². The summed E-state index contributed by atoms with van der Waals surface area (Å²) in [5.41, 5.74) is 0.585. The molecule has 0 atom stereocenters. The van der Waals surface area contributed by atoms with Crippen LogP contribution in [-0.2, 0) is 9.05 Å². The monoisotopic (exact) mass is 465 g/mol. The fourth-order valence-electron chi connectivity index (χ4n) is 3.17. The van der Waals surface area contributed by atoms with Crippen molar-refractivity contribution in [1.29, 1.82) is 0 Å². The topological polar surface area (TPSA) is 132 Å². The highest BCUT2D eigenvalue weighted by Crippen LogP contribution is 2.59. The van der Waals surface area contributed by atoms with Crippen LogP contribution in [0.2, 0.25) is 0 Å². The van der Waals surface area contributed by atoms with Crippen molar-refractivity contribution in [3.63, 3.8) is 0 Å². The van der Waals surface area contributed by atoms with Gasteiger partial charge in [-0.15, -0.1) is 0 Å². The van der Waals surface area contributed by atoms with Crippen molar-refractivity contribution in [3.05, 3.63) is 51.3 Å². The number of rotatable bonds is 10. The Morgan fingerprint density at radius 1 is 1.12 bits per heavy atom. The summed E-state index contributed by atoms with van der Waals surface area (Å²) in [4.78, 5) is 39.1. The summed E-state index contributed by atoms with van der Waals surface area (Å²) in [5, 5.41) is 21.5. The maximum absolute atomic E-state index is 12.2. The molecular weight excluding hydrogens is 435 g/mol. The van der Waals surface area contributed by atoms with E-state index in [-0.39, 0.29) is 58.4 Å². The minimum atomic E-state index is -3.79. The number of nitro benzene ring substituents is 1. The number of non-ortho nitro benzene ring substituents is 1. The number of carbonyl (C=O) groups is 1. The second-order valence-corrected chi connectivity index (χ2v) is 10.4. The van der Waals surface area contributed by atoms with E-state index in [9.17, 15) is 24.9 Å². The molecule has 0 saturated heterocycles. The van der Waals surface area contributed by atoms with Gasteiger partial charge in [-0.2, -0.15) is 13.9 Å². The number of aromatic carboxylic acids is 1. The van der Waals surface area contributed by atoms with Gasteiger partial charge < -0.3 is 5.11 Å². The van der Waals surface area contributed by atoms with Crippen LogP contribution in [0.15, 0.2) is 24.3 Å². The van der Waals surface area contributed by atoms with Crippen LogP contribution in [0.3, 0.4) is 0 Å². The molecular formula is C22H30N2O7P+. The molecule has 0 aliphatic rings. The van der Waals surface area contributed by atoms with E-state index >= 15 is 0 Å². The molecule has 0 aliphatic heterocycles. The number of hydrogen-bond acceptors (Lipinski definition) is 7. The van der Waals surface area contributed by atoms with E-state index in [4.69, 9.17) is 9.05 Å². The minimum absolute atomic E-state index is 0.0723. The lowest BCUT2D eigenvalue weighted by Gasteiger charge is -2.23. The lowest BCUT2D eigenvalue weighted by molar-refractivity contribution is -0.384. The van der Waals surface area contributed by atoms with Crippen LogP contribution in [0.1, 0.15) is 49.4 Å². The van der Waals surface area contributed by atoms with E-state index in [0.717, 1.165) is 0 Å². The zero-order valence-corrected chi connectivity index (χ0v) is 20.1. The molecule has 1 heterocycles. The Hall–Kier alpha value is -2.45. The van der Waals surface area contributed by atoms with Gasteiger partial charge in [0.05, 0.1) is 27.4 Å². The molecule has 174 valence electrons. The number of hydrogen-bond donors (Lipinski definition) is 2. The minimum Gasteiger partial charge on any atom is -0.478 e. The lowest BCUT2D eigenvalue weighted by Crippen LogP contribution is -2.27. The SMILES string of the molecule is Cc1nc(C)c([P+](O)(OCC(C)C)OCC(C)C)c(-c2cccc([N+](=O)[O-])c2)c1C(=O)O. The Balaban J connectivity index is 2.90. The van der Waals surface area contributed by atoms with Crippen LogP contribution in [-0.4, -0.2) is 39.1 Å². The molecule has 2 rings (SSSR count). The lowest BCUT2D eigenvalue weighted by atomic mass is 9.97. The number of aromatic nitrogens is 1. The number of nitrogens with zero attached hydrogens (tertiary/aromatic N) is 2. The zero-order chi connectivity index (χ0) is 24.2. The number of benzene rings is 1. The molecule has 0 amide bonds. The first-order chi connectivity index (χ1) is 14.9. The molecule has 1 aromatic carbocycles. The third kappa shape index (κ3) is 5.86. The second kappa shape index (κ2) is 10.4. The number of nitro groups is 1. The van der Waals surface area contributed by atoms with Gasteiger partial charge in [-0.1, -0.05) is 39.8 Å². The number of carboxylic acid groups (broad SMARTS) is 1. The molecule has 1 aromatic heterocycles. The van der Waals surface area contributed by atoms with E-state index in [0.29, 0.717) is 5.69 Å². The average Bonchev–Trinajstić information content (AvgIpc) is 2.69. The molecule has 32 heavy (non-hydrogen) atoms. The molecule has 0 unspecified atom stereocenters. The Morgan fingerprint density at radius 2 is 1.69 bits per heavy atom. The molecule has 0 aliphatic carbocycles. The van der Waals surface area contributed by atoms with Gasteiger partial charge in [0.1, 0.15) is 13.2 Å². The van der Waals surface area contributed by atoms with Crippen molar-refractivity contribution in [2.75, 3.05) is 13.2 Å². The fraction of sp³-hybridized carbons (Fsp3) is 0.455. The molecule has 0 spiro atoms. The molecule has 9 nitrogen and oxygen atoms in total. The van der Waals surface area contributed by atoms with Crippen LogP contribution in [0.25, 0.3) is 11.1 Å². The van der Waals surface area contributed by atoms with Gasteiger partial charge in [0, 0.05) is 12.1 Å². The quantitative estimate of drug-likeness (QED) is 0.293. The van der Waals surface area contributed by atoms with Crippen molar-refractivity contribution in [3.8, 4) is 11.1 Å². The van der Waals surface area contributed by atoms with Crippen LogP contribution < -0.4 is 5.30 Å². The third-order valence-electron chi connectivity index (χ3n) is 4.53. The first-order valence-corrected chi connectivity index (χ1v) is 11.9. The average molecular weight is 465 g/mol. The van der Waals surface area contributed by atoms with Crippen LogP contribution in [0.5, 0.6) is 0 Å². The predicted octanol–water partition coefficient (Wildman–Crippen LogP) is 4.70. The Labute approximate surface area is 188 Å². The summed E-state index contributed by atoms with van der Waals surface area (Å²) in [6, 6.07) is 5.62. The second-order valence-electron chi connectivity index (χ2n) is 8.39. The van der Waals surface area contributed by atoms with Crippen molar-refractivity contribution in [2.24, 2.45) is 11.8 Å². The van der Waals surface area contributed by atoms with Gasteiger partial charge >= 0.3 is 13.9 Å². The van der Waals surface area contributed by atoms with Gasteiger partial charge in [-0.25, -0.2) is 4.79 Å². The Bertz CT molecular complexity index is 996. The van der Waals surface area contributed by atoms with Crippen LogP contribution in [0.4, 0.5) is 5.69 Å². The first kappa shape index (κ1) is 25.8. The summed E-state index contributed by atoms with van der Waals surface area (Å²) in [6.07, 6.45) is 0. The maximum Gasteiger partial charge on any atom is 0.448 e. The zero-order valence-electron chi connectivity index (χ0n) is 19.2. The highest BCUT2D eigenvalue weighted by molar-refractivity contribution is 7.69. The predicted molar refractivity (Wildman–Crippen MR) is 123 cm³/mol. The van der Waals surface area contributed by atoms with Crippen molar-refractivity contribution in [1.82, 2.24) is 4.98 Å². The normalized spacial score (nSPS) is 11.9. The van der Waals surface area contributed by atoms with E-state index in [1.807, 2.05) is 27.7 Å². The van der Waals surface area contributed by atoms with Crippen LogP contribution >= 0.6 is 7.94 Å². The number of pyridine rings is 1. The van der Waals surface area contributed by atoms with Crippen molar-refractivity contribution >= 4 is 24.9 Å². The largest absolute Gasteiger partial charge is 0.478 e. The molecule has 0 bridgehead atoms. The number of carboxylic acids is 1. The highest BCUT2D eigenvalue weighted by atomic mass is 31.2. The summed E-state index contributed by atoms with van der Waals surface area (Å²) in [5.74, 6) is -1.12. The Kier molecular flexibility index (Phi) is 8.42.